The summed E-state index contributed by atoms with van der Waals surface area (Å²) >= 11 is 5.19. The number of carbonyl (C=O) groups excluding carboxylic acids is 1. The molecular formula is C29H34BrN3O2S. The number of hydrogen-bond acceptors (Lipinski definition) is 5. The van der Waals surface area contributed by atoms with E-state index in [1.807, 2.05) is 24.4 Å². The normalized spacial score (nSPS) is 19.5. The van der Waals surface area contributed by atoms with E-state index in [-0.39, 0.29) is 11.4 Å². The lowest BCUT2D eigenvalue weighted by Gasteiger charge is -2.49. The van der Waals surface area contributed by atoms with Gasteiger partial charge in [0, 0.05) is 44.5 Å². The van der Waals surface area contributed by atoms with Gasteiger partial charge in [-0.05, 0) is 76.4 Å². The zero-order valence-electron chi connectivity index (χ0n) is 21.1. The quantitative estimate of drug-likeness (QED) is 0.242. The molecule has 1 aromatic heterocycles. The van der Waals surface area contributed by atoms with Crippen LogP contribution in [0.4, 0.5) is 0 Å². The maximum Gasteiger partial charge on any atom is 0.255 e. The number of piperidine rings is 2. The third kappa shape index (κ3) is 5.24. The Balaban J connectivity index is 1.20. The Morgan fingerprint density at radius 3 is 2.47 bits per heavy atom. The van der Waals surface area contributed by atoms with Gasteiger partial charge in [-0.15, -0.1) is 11.3 Å². The first-order valence-corrected chi connectivity index (χ1v) is 14.6. The van der Waals surface area contributed by atoms with E-state index in [4.69, 9.17) is 4.84 Å². The van der Waals surface area contributed by atoms with Crippen molar-refractivity contribution in [2.75, 3.05) is 32.8 Å². The maximum absolute atomic E-state index is 13.3. The van der Waals surface area contributed by atoms with E-state index in [0.29, 0.717) is 12.5 Å². The fraction of sp³-hybridized carbons (Fsp3) is 0.448. The number of nitrogens with zero attached hydrogens (tertiary/aromatic N) is 3. The highest BCUT2D eigenvalue weighted by Gasteiger charge is 2.39. The fourth-order valence-electron chi connectivity index (χ4n) is 5.63. The molecule has 0 unspecified atom stereocenters. The van der Waals surface area contributed by atoms with Gasteiger partial charge in [0.05, 0.1) is 11.3 Å². The third-order valence-electron chi connectivity index (χ3n) is 7.92. The Morgan fingerprint density at radius 1 is 1.08 bits per heavy atom. The highest BCUT2D eigenvalue weighted by molar-refractivity contribution is 9.10. The Kier molecular flexibility index (Phi) is 7.79. The second-order valence-corrected chi connectivity index (χ2v) is 11.9. The number of oxime groups is 1. The van der Waals surface area contributed by atoms with Crippen LogP contribution in [0.3, 0.4) is 0 Å². The number of hydrogen-bond donors (Lipinski definition) is 0. The van der Waals surface area contributed by atoms with Gasteiger partial charge in [0.25, 0.3) is 5.91 Å². The van der Waals surface area contributed by atoms with Gasteiger partial charge < -0.3 is 9.74 Å². The van der Waals surface area contributed by atoms with E-state index in [1.165, 1.54) is 4.70 Å². The van der Waals surface area contributed by atoms with Crippen LogP contribution in [0, 0.1) is 5.92 Å². The number of carbonyl (C=O) groups is 1. The summed E-state index contributed by atoms with van der Waals surface area (Å²) in [5.41, 5.74) is 3.20. The van der Waals surface area contributed by atoms with E-state index >= 15 is 0 Å². The first-order valence-electron chi connectivity index (χ1n) is 12.9. The molecule has 36 heavy (non-hydrogen) atoms. The topological polar surface area (TPSA) is 45.1 Å². The van der Waals surface area contributed by atoms with Crippen LogP contribution in [0.15, 0.2) is 63.5 Å². The summed E-state index contributed by atoms with van der Waals surface area (Å²) < 4.78 is 2.25. The molecule has 2 saturated heterocycles. The summed E-state index contributed by atoms with van der Waals surface area (Å²) in [6.07, 6.45) is 4.17. The van der Waals surface area contributed by atoms with E-state index in [2.05, 4.69) is 74.2 Å². The first kappa shape index (κ1) is 25.4. The predicted molar refractivity (Wildman–Crippen MR) is 152 cm³/mol. The highest BCUT2D eigenvalue weighted by atomic mass is 79.9. The lowest BCUT2D eigenvalue weighted by atomic mass is 9.82. The van der Waals surface area contributed by atoms with Crippen molar-refractivity contribution in [2.45, 2.75) is 45.1 Å². The van der Waals surface area contributed by atoms with Gasteiger partial charge in [-0.2, -0.15) is 0 Å². The van der Waals surface area contributed by atoms with Gasteiger partial charge in [0.2, 0.25) is 0 Å². The van der Waals surface area contributed by atoms with Gasteiger partial charge in [-0.1, -0.05) is 51.4 Å². The molecule has 3 heterocycles. The molecule has 2 aliphatic rings. The number of thiophene rings is 1. The molecule has 3 aromatic rings. The van der Waals surface area contributed by atoms with Crippen LogP contribution in [0.2, 0.25) is 0 Å². The summed E-state index contributed by atoms with van der Waals surface area (Å²) in [4.78, 5) is 23.5. The monoisotopic (exact) mass is 567 g/mol. The molecule has 2 aliphatic heterocycles. The van der Waals surface area contributed by atoms with Crippen LogP contribution in [0.25, 0.3) is 10.1 Å². The van der Waals surface area contributed by atoms with E-state index in [0.717, 1.165) is 78.6 Å². The summed E-state index contributed by atoms with van der Waals surface area (Å²) in [6, 6.07) is 16.6. The molecule has 0 bridgehead atoms. The van der Waals surface area contributed by atoms with Crippen LogP contribution in [-0.4, -0.2) is 59.7 Å². The van der Waals surface area contributed by atoms with Gasteiger partial charge >= 0.3 is 0 Å². The van der Waals surface area contributed by atoms with Crippen LogP contribution >= 0.6 is 27.3 Å². The van der Waals surface area contributed by atoms with E-state index in [9.17, 15) is 4.79 Å². The Hall–Kier alpha value is -2.22. The fourth-order valence-corrected chi connectivity index (χ4v) is 6.83. The zero-order chi connectivity index (χ0) is 25.1. The lowest BCUT2D eigenvalue weighted by Crippen LogP contribution is -2.56. The molecule has 190 valence electrons. The second-order valence-electron chi connectivity index (χ2n) is 10.1. The predicted octanol–water partition coefficient (Wildman–Crippen LogP) is 6.81. The molecule has 2 fully saturated rings. The molecule has 0 spiro atoms. The Labute approximate surface area is 226 Å². The van der Waals surface area contributed by atoms with Crippen LogP contribution in [0.1, 0.15) is 55.5 Å². The minimum Gasteiger partial charge on any atom is -0.396 e. The summed E-state index contributed by atoms with van der Waals surface area (Å²) in [5.74, 6) is 0.575. The minimum absolute atomic E-state index is 0.132. The zero-order valence-corrected chi connectivity index (χ0v) is 23.5. The number of amides is 1. The summed E-state index contributed by atoms with van der Waals surface area (Å²) in [7, 11) is 0. The van der Waals surface area contributed by atoms with Crippen LogP contribution in [0.5, 0.6) is 0 Å². The maximum atomic E-state index is 13.3. The SMILES string of the molecule is CCO/N=C(\c1ccc(Br)cc1)C1CCN(C2(C)CCN(C(=O)c3csc4ccccc34)CC2)CC1. The largest absolute Gasteiger partial charge is 0.396 e. The molecule has 0 N–H and O–H groups in total. The Bertz CT molecular complexity index is 1220. The molecule has 7 heteroatoms. The summed E-state index contributed by atoms with van der Waals surface area (Å²) in [5, 5.41) is 7.64. The van der Waals surface area contributed by atoms with Crippen LogP contribution in [-0.2, 0) is 4.84 Å². The van der Waals surface area contributed by atoms with Crippen molar-refractivity contribution in [1.29, 1.82) is 0 Å². The molecule has 5 rings (SSSR count). The first-order chi connectivity index (χ1) is 17.5. The standard InChI is InChI=1S/C29H34BrN3O2S/c1-3-35-31-27(21-8-10-23(30)11-9-21)22-12-16-33(17-13-22)29(2)14-18-32(19-15-29)28(34)25-20-36-26-7-5-4-6-24(25)26/h4-11,20,22H,3,12-19H2,1-2H3/b31-27+. The number of rotatable bonds is 6. The molecule has 0 aliphatic carbocycles. The Morgan fingerprint density at radius 2 is 1.78 bits per heavy atom. The number of fused-ring (bicyclic) bond motifs is 1. The van der Waals surface area contributed by atoms with E-state index < -0.39 is 0 Å². The number of benzene rings is 2. The van der Waals surface area contributed by atoms with Crippen molar-refractivity contribution in [2.24, 2.45) is 11.1 Å². The smallest absolute Gasteiger partial charge is 0.255 e. The van der Waals surface area contributed by atoms with Crippen molar-refractivity contribution in [1.82, 2.24) is 9.80 Å². The summed E-state index contributed by atoms with van der Waals surface area (Å²) in [6.45, 7) is 8.67. The molecule has 0 saturated carbocycles. The average molecular weight is 569 g/mol. The molecule has 0 atom stereocenters. The molecule has 0 radical (unpaired) electrons. The molecule has 2 aromatic carbocycles. The van der Waals surface area contributed by atoms with Crippen LogP contribution < -0.4 is 0 Å². The van der Waals surface area contributed by atoms with Crippen molar-refractivity contribution in [3.8, 4) is 0 Å². The molecular weight excluding hydrogens is 534 g/mol. The highest BCUT2D eigenvalue weighted by Crippen LogP contribution is 2.35. The van der Waals surface area contributed by atoms with Gasteiger partial charge in [-0.3, -0.25) is 9.69 Å². The lowest BCUT2D eigenvalue weighted by molar-refractivity contribution is 0.0162. The second kappa shape index (κ2) is 11.0. The van der Waals surface area contributed by atoms with Gasteiger partial charge in [0.1, 0.15) is 6.61 Å². The van der Waals surface area contributed by atoms with Crippen molar-refractivity contribution in [3.05, 3.63) is 69.5 Å². The minimum atomic E-state index is 0.132. The third-order valence-corrected chi connectivity index (χ3v) is 9.41. The van der Waals surface area contributed by atoms with Gasteiger partial charge in [0.15, 0.2) is 0 Å². The van der Waals surface area contributed by atoms with Crippen molar-refractivity contribution >= 4 is 49.0 Å². The molecule has 5 nitrogen and oxygen atoms in total. The van der Waals surface area contributed by atoms with Crippen molar-refractivity contribution in [3.63, 3.8) is 0 Å². The van der Waals surface area contributed by atoms with Gasteiger partial charge in [-0.25, -0.2) is 0 Å². The van der Waals surface area contributed by atoms with E-state index in [1.54, 1.807) is 11.3 Å². The van der Waals surface area contributed by atoms with Crippen molar-refractivity contribution < 1.29 is 9.63 Å². The number of halogens is 1. The molecule has 1 amide bonds. The average Bonchev–Trinajstić information content (AvgIpc) is 3.34. The number of likely N-dealkylation sites (tertiary alicyclic amines) is 2.